The summed E-state index contributed by atoms with van der Waals surface area (Å²) in [4.78, 5) is 29.5. The summed E-state index contributed by atoms with van der Waals surface area (Å²) >= 11 is 18.0. The van der Waals surface area contributed by atoms with Crippen LogP contribution in [0.4, 0.5) is 5.69 Å². The van der Waals surface area contributed by atoms with Crippen LogP contribution in [0.2, 0.25) is 15.1 Å². The van der Waals surface area contributed by atoms with E-state index in [2.05, 4.69) is 4.99 Å². The fraction of sp³-hybridized carbons (Fsp3) is 0.250. The highest BCUT2D eigenvalue weighted by molar-refractivity contribution is 6.48. The minimum absolute atomic E-state index is 0.136. The van der Waals surface area contributed by atoms with Crippen molar-refractivity contribution >= 4 is 58.0 Å². The molecule has 0 spiro atoms. The molecule has 3 rings (SSSR count). The fourth-order valence-electron chi connectivity index (χ4n) is 2.84. The molecule has 0 aliphatic carbocycles. The molecule has 6 nitrogen and oxygen atoms in total. The van der Waals surface area contributed by atoms with Gasteiger partial charge in [-0.15, -0.1) is 0 Å². The number of nitrogens with zero attached hydrogens (tertiary/aromatic N) is 3. The van der Waals surface area contributed by atoms with Gasteiger partial charge in [0.2, 0.25) is 0 Å². The molecule has 2 aromatic rings. The number of rotatable bonds is 4. The van der Waals surface area contributed by atoms with E-state index in [0.717, 1.165) is 0 Å². The van der Waals surface area contributed by atoms with Crippen molar-refractivity contribution < 1.29 is 14.3 Å². The second-order valence-electron chi connectivity index (χ2n) is 6.49. The maximum Gasteiger partial charge on any atom is 0.289 e. The highest BCUT2D eigenvalue weighted by Crippen LogP contribution is 2.34. The smallest absolute Gasteiger partial charge is 0.289 e. The van der Waals surface area contributed by atoms with Crippen molar-refractivity contribution in [2.24, 2.45) is 4.99 Å². The Labute approximate surface area is 183 Å². The van der Waals surface area contributed by atoms with E-state index in [-0.39, 0.29) is 38.5 Å². The first kappa shape index (κ1) is 21.6. The van der Waals surface area contributed by atoms with Gasteiger partial charge in [-0.1, -0.05) is 53.0 Å². The zero-order valence-corrected chi connectivity index (χ0v) is 18.2. The molecule has 1 fully saturated rings. The number of amides is 2. The largest absolute Gasteiger partial charge is 0.479 e. The SMILES string of the molecule is CC(Oc1cc(Cl)c(Cl)cc1Cl)C(=O)N=C1C(=O)N(c2ccccc2)N(C)C1C. The molecule has 0 aromatic heterocycles. The summed E-state index contributed by atoms with van der Waals surface area (Å²) in [7, 11) is 1.76. The molecule has 2 unspecified atom stereocenters. The summed E-state index contributed by atoms with van der Waals surface area (Å²) < 4.78 is 5.59. The maximum atomic E-state index is 12.9. The van der Waals surface area contributed by atoms with Crippen LogP contribution in [0.3, 0.4) is 0 Å². The van der Waals surface area contributed by atoms with E-state index in [1.807, 2.05) is 30.3 Å². The quantitative estimate of drug-likeness (QED) is 0.630. The molecular weight excluding hydrogens is 437 g/mol. The van der Waals surface area contributed by atoms with Crippen LogP contribution in [-0.4, -0.2) is 41.7 Å². The van der Waals surface area contributed by atoms with Crippen LogP contribution < -0.4 is 9.75 Å². The number of hydrogen-bond donors (Lipinski definition) is 0. The van der Waals surface area contributed by atoms with Gasteiger partial charge in [-0.2, -0.15) is 0 Å². The van der Waals surface area contributed by atoms with Gasteiger partial charge in [0.25, 0.3) is 11.8 Å². The van der Waals surface area contributed by atoms with Crippen molar-refractivity contribution in [1.82, 2.24) is 5.01 Å². The molecule has 0 N–H and O–H groups in total. The zero-order valence-electron chi connectivity index (χ0n) is 15.9. The molecule has 1 aliphatic heterocycles. The zero-order chi connectivity index (χ0) is 21.3. The molecule has 1 saturated heterocycles. The summed E-state index contributed by atoms with van der Waals surface area (Å²) in [5, 5.41) is 3.95. The number of hydrazine groups is 1. The molecule has 2 aromatic carbocycles. The highest BCUT2D eigenvalue weighted by atomic mass is 35.5. The molecule has 29 heavy (non-hydrogen) atoms. The first-order valence-electron chi connectivity index (χ1n) is 8.76. The molecule has 2 amide bonds. The minimum Gasteiger partial charge on any atom is -0.479 e. The summed E-state index contributed by atoms with van der Waals surface area (Å²) in [6.07, 6.45) is -0.978. The molecule has 1 aliphatic rings. The lowest BCUT2D eigenvalue weighted by Gasteiger charge is -2.25. The van der Waals surface area contributed by atoms with Crippen molar-refractivity contribution in [2.45, 2.75) is 26.0 Å². The van der Waals surface area contributed by atoms with E-state index in [0.29, 0.717) is 5.69 Å². The average molecular weight is 455 g/mol. The molecule has 9 heteroatoms. The number of carbonyl (C=O) groups excluding carboxylic acids is 2. The fourth-order valence-corrected chi connectivity index (χ4v) is 3.42. The van der Waals surface area contributed by atoms with Gasteiger partial charge in [0, 0.05) is 13.1 Å². The van der Waals surface area contributed by atoms with Crippen molar-refractivity contribution in [3.63, 3.8) is 0 Å². The summed E-state index contributed by atoms with van der Waals surface area (Å²) in [5.74, 6) is -0.763. The van der Waals surface area contributed by atoms with Crippen LogP contribution in [0.1, 0.15) is 13.8 Å². The molecule has 0 bridgehead atoms. The molecule has 0 saturated carbocycles. The molecular formula is C20H18Cl3N3O3. The Morgan fingerprint density at radius 1 is 1.10 bits per heavy atom. The van der Waals surface area contributed by atoms with Crippen LogP contribution in [0.5, 0.6) is 5.75 Å². The Hall–Kier alpha value is -2.12. The predicted octanol–water partition coefficient (Wildman–Crippen LogP) is 4.66. The number of carbonyl (C=O) groups is 2. The summed E-state index contributed by atoms with van der Waals surface area (Å²) in [5.41, 5.74) is 0.827. The normalized spacial score (nSPS) is 19.7. The van der Waals surface area contributed by atoms with Crippen LogP contribution in [0.15, 0.2) is 47.5 Å². The standard InChI is InChI=1S/C20H18Cl3N3O3/c1-11-18(20(28)26(25(11)3)13-7-5-4-6-8-13)24-19(27)12(2)29-17-10-15(22)14(21)9-16(17)23/h4-12H,1-3H3. The van der Waals surface area contributed by atoms with Crippen LogP contribution in [-0.2, 0) is 9.59 Å². The topological polar surface area (TPSA) is 62.2 Å². The van der Waals surface area contributed by atoms with Gasteiger partial charge in [-0.25, -0.2) is 15.0 Å². The Morgan fingerprint density at radius 2 is 1.72 bits per heavy atom. The van der Waals surface area contributed by atoms with Crippen molar-refractivity contribution in [3.05, 3.63) is 57.5 Å². The van der Waals surface area contributed by atoms with Gasteiger partial charge in [0.05, 0.1) is 26.8 Å². The third kappa shape index (κ3) is 4.41. The van der Waals surface area contributed by atoms with E-state index in [1.54, 1.807) is 19.0 Å². The second-order valence-corrected chi connectivity index (χ2v) is 7.72. The van der Waals surface area contributed by atoms with E-state index in [1.165, 1.54) is 24.1 Å². The lowest BCUT2D eigenvalue weighted by Crippen LogP contribution is -2.38. The van der Waals surface area contributed by atoms with Gasteiger partial charge in [-0.05, 0) is 32.0 Å². The summed E-state index contributed by atoms with van der Waals surface area (Å²) in [6, 6.07) is 11.6. The van der Waals surface area contributed by atoms with E-state index in [9.17, 15) is 9.59 Å². The molecule has 1 heterocycles. The Balaban J connectivity index is 1.81. The monoisotopic (exact) mass is 453 g/mol. The Kier molecular flexibility index (Phi) is 6.49. The number of ether oxygens (including phenoxy) is 1. The second kappa shape index (κ2) is 8.71. The van der Waals surface area contributed by atoms with Crippen LogP contribution in [0.25, 0.3) is 0 Å². The molecule has 2 atom stereocenters. The Bertz CT molecular complexity index is 982. The number of aliphatic imine (C=N–C) groups is 1. The molecule has 0 radical (unpaired) electrons. The first-order valence-corrected chi connectivity index (χ1v) is 9.90. The minimum atomic E-state index is -0.978. The van der Waals surface area contributed by atoms with Crippen LogP contribution in [0, 0.1) is 0 Å². The van der Waals surface area contributed by atoms with E-state index >= 15 is 0 Å². The third-order valence-corrected chi connectivity index (χ3v) is 5.56. The third-order valence-electron chi connectivity index (χ3n) is 4.54. The van der Waals surface area contributed by atoms with Gasteiger partial charge >= 0.3 is 0 Å². The lowest BCUT2D eigenvalue weighted by molar-refractivity contribution is -0.124. The number of hydrogen-bond acceptors (Lipinski definition) is 4. The van der Waals surface area contributed by atoms with E-state index < -0.39 is 12.0 Å². The average Bonchev–Trinajstić information content (AvgIpc) is 2.90. The predicted molar refractivity (Wildman–Crippen MR) is 115 cm³/mol. The van der Waals surface area contributed by atoms with Gasteiger partial charge in [0.1, 0.15) is 11.5 Å². The first-order chi connectivity index (χ1) is 13.7. The van der Waals surface area contributed by atoms with E-state index in [4.69, 9.17) is 39.5 Å². The lowest BCUT2D eigenvalue weighted by atomic mass is 10.2. The summed E-state index contributed by atoms with van der Waals surface area (Å²) in [6.45, 7) is 3.32. The van der Waals surface area contributed by atoms with Crippen molar-refractivity contribution in [3.8, 4) is 5.75 Å². The number of benzene rings is 2. The Morgan fingerprint density at radius 3 is 2.38 bits per heavy atom. The van der Waals surface area contributed by atoms with Gasteiger partial charge < -0.3 is 4.74 Å². The van der Waals surface area contributed by atoms with Gasteiger partial charge in [-0.3, -0.25) is 9.59 Å². The number of anilines is 1. The van der Waals surface area contributed by atoms with Crippen LogP contribution >= 0.6 is 34.8 Å². The van der Waals surface area contributed by atoms with Crippen molar-refractivity contribution in [2.75, 3.05) is 12.1 Å². The molecule has 152 valence electrons. The van der Waals surface area contributed by atoms with Crippen molar-refractivity contribution in [1.29, 1.82) is 0 Å². The number of para-hydroxylation sites is 1. The van der Waals surface area contributed by atoms with Gasteiger partial charge in [0.15, 0.2) is 6.10 Å². The maximum absolute atomic E-state index is 12.9. The highest BCUT2D eigenvalue weighted by Gasteiger charge is 2.40. The number of halogens is 3.